The number of hydrogen-bond donors (Lipinski definition) is 2. The number of imide groups is 1. The summed E-state index contributed by atoms with van der Waals surface area (Å²) in [4.78, 5) is 39.7. The van der Waals surface area contributed by atoms with Crippen molar-refractivity contribution in [1.29, 1.82) is 0 Å². The Morgan fingerprint density at radius 1 is 1.03 bits per heavy atom. The molecule has 6 aliphatic rings. The normalized spacial score (nSPS) is 31.1. The van der Waals surface area contributed by atoms with Crippen LogP contribution in [0.4, 0.5) is 0 Å². The third-order valence-electron chi connectivity index (χ3n) is 9.75. The first-order valence-electron chi connectivity index (χ1n) is 14.3. The monoisotopic (exact) mass is 563 g/mol. The molecular formula is C31H34ClN3O3S. The van der Waals surface area contributed by atoms with Gasteiger partial charge in [-0.05, 0) is 97.6 Å². The van der Waals surface area contributed by atoms with Gasteiger partial charge in [0, 0.05) is 46.3 Å². The summed E-state index contributed by atoms with van der Waals surface area (Å²) >= 11 is 8.44. The first-order chi connectivity index (χ1) is 18.9. The van der Waals surface area contributed by atoms with E-state index in [-0.39, 0.29) is 24.1 Å². The summed E-state index contributed by atoms with van der Waals surface area (Å²) in [7, 11) is 0. The molecule has 3 amide bonds. The van der Waals surface area contributed by atoms with E-state index in [0.29, 0.717) is 29.8 Å². The highest BCUT2D eigenvalue weighted by Crippen LogP contribution is 2.55. The number of amides is 3. The molecule has 4 saturated carbocycles. The van der Waals surface area contributed by atoms with Gasteiger partial charge in [0.25, 0.3) is 5.91 Å². The summed E-state index contributed by atoms with van der Waals surface area (Å²) in [6, 6.07) is 11.6. The molecule has 4 bridgehead atoms. The van der Waals surface area contributed by atoms with E-state index in [1.54, 1.807) is 16.7 Å². The van der Waals surface area contributed by atoms with E-state index in [1.165, 1.54) is 44.1 Å². The van der Waals surface area contributed by atoms with Crippen LogP contribution in [0.3, 0.4) is 0 Å². The van der Waals surface area contributed by atoms with E-state index >= 15 is 0 Å². The number of benzene rings is 2. The largest absolute Gasteiger partial charge is 0.322 e. The maximum absolute atomic E-state index is 13.1. The van der Waals surface area contributed by atoms with Crippen LogP contribution >= 0.6 is 23.4 Å². The highest BCUT2D eigenvalue weighted by Gasteiger charge is 2.50. The minimum Gasteiger partial charge on any atom is -0.322 e. The predicted molar refractivity (Wildman–Crippen MR) is 151 cm³/mol. The van der Waals surface area contributed by atoms with E-state index < -0.39 is 6.04 Å². The zero-order valence-electron chi connectivity index (χ0n) is 22.0. The summed E-state index contributed by atoms with van der Waals surface area (Å²) in [6.45, 7) is 1.25. The Bertz CT molecular complexity index is 1330. The van der Waals surface area contributed by atoms with Crippen LogP contribution < -0.4 is 10.6 Å². The molecule has 0 aromatic heterocycles. The number of hydrogen-bond acceptors (Lipinski definition) is 5. The SMILES string of the molecule is O=C1CCC(N2Cc3c(SCc4ccc(CNC56CC7CC(CC(C7)C5)C6)cc4Cl)cccc3C2=O)C(=O)N1. The average molecular weight is 564 g/mol. The molecule has 1 unspecified atom stereocenters. The van der Waals surface area contributed by atoms with Crippen molar-refractivity contribution < 1.29 is 14.4 Å². The van der Waals surface area contributed by atoms with Gasteiger partial charge in [-0.25, -0.2) is 0 Å². The van der Waals surface area contributed by atoms with Crippen molar-refractivity contribution in [3.05, 3.63) is 63.7 Å². The second-order valence-corrected chi connectivity index (χ2v) is 13.9. The number of carbonyl (C=O) groups excluding carboxylic acids is 3. The lowest BCUT2D eigenvalue weighted by molar-refractivity contribution is -0.136. The van der Waals surface area contributed by atoms with Crippen LogP contribution in [0.25, 0.3) is 0 Å². The highest BCUT2D eigenvalue weighted by molar-refractivity contribution is 7.98. The Labute approximate surface area is 238 Å². The van der Waals surface area contributed by atoms with Crippen LogP contribution in [0.15, 0.2) is 41.3 Å². The van der Waals surface area contributed by atoms with E-state index in [2.05, 4.69) is 28.8 Å². The third kappa shape index (κ3) is 4.81. The smallest absolute Gasteiger partial charge is 0.255 e. The number of nitrogens with zero attached hydrogens (tertiary/aromatic N) is 1. The van der Waals surface area contributed by atoms with Crippen molar-refractivity contribution in [2.75, 3.05) is 0 Å². The predicted octanol–water partition coefficient (Wildman–Crippen LogP) is 5.45. The standard InChI is InChI=1S/C31H34ClN3O3S/c32-25-11-18(15-33-31-12-19-8-20(13-31)10-21(9-19)14-31)4-5-22(25)17-39-27-3-1-2-23-24(27)16-35(30(23)38)26-6-7-28(36)34-29(26)37/h1-5,11,19-21,26,33H,6-10,12-17H2,(H,34,36,37). The molecule has 204 valence electrons. The van der Waals surface area contributed by atoms with Crippen molar-refractivity contribution >= 4 is 41.1 Å². The van der Waals surface area contributed by atoms with E-state index in [4.69, 9.17) is 11.6 Å². The maximum atomic E-state index is 13.1. The molecule has 1 saturated heterocycles. The van der Waals surface area contributed by atoms with Crippen LogP contribution in [-0.2, 0) is 28.4 Å². The number of thioether (sulfide) groups is 1. The van der Waals surface area contributed by atoms with Gasteiger partial charge in [0.2, 0.25) is 11.8 Å². The molecule has 6 nitrogen and oxygen atoms in total. The first kappa shape index (κ1) is 25.6. The average Bonchev–Trinajstić information content (AvgIpc) is 3.23. The molecule has 8 heteroatoms. The lowest BCUT2D eigenvalue weighted by Crippen LogP contribution is -2.58. The minimum atomic E-state index is -0.602. The lowest BCUT2D eigenvalue weighted by Gasteiger charge is -2.57. The van der Waals surface area contributed by atoms with Crippen LogP contribution in [-0.4, -0.2) is 34.2 Å². The summed E-state index contributed by atoms with van der Waals surface area (Å²) in [5.74, 6) is 2.68. The van der Waals surface area contributed by atoms with Crippen LogP contribution in [0.5, 0.6) is 0 Å². The molecular weight excluding hydrogens is 530 g/mol. The van der Waals surface area contributed by atoms with Crippen molar-refractivity contribution in [1.82, 2.24) is 15.5 Å². The Kier molecular flexibility index (Phi) is 6.52. The molecule has 2 N–H and O–H groups in total. The fraction of sp³-hybridized carbons (Fsp3) is 0.516. The summed E-state index contributed by atoms with van der Waals surface area (Å²) in [5, 5.41) is 7.12. The molecule has 8 rings (SSSR count). The number of nitrogens with one attached hydrogen (secondary N) is 2. The Balaban J connectivity index is 0.999. The van der Waals surface area contributed by atoms with Gasteiger partial charge in [0.15, 0.2) is 0 Å². The van der Waals surface area contributed by atoms with Crippen molar-refractivity contribution in [3.63, 3.8) is 0 Å². The molecule has 0 radical (unpaired) electrons. The Hall–Kier alpha value is -2.35. The molecule has 4 aliphatic carbocycles. The topological polar surface area (TPSA) is 78.5 Å². The van der Waals surface area contributed by atoms with Gasteiger partial charge in [-0.15, -0.1) is 11.8 Å². The number of piperidine rings is 1. The molecule has 2 aromatic carbocycles. The first-order valence-corrected chi connectivity index (χ1v) is 15.6. The second-order valence-electron chi connectivity index (χ2n) is 12.4. The van der Waals surface area contributed by atoms with Crippen LogP contribution in [0.2, 0.25) is 5.02 Å². The van der Waals surface area contributed by atoms with Crippen LogP contribution in [0.1, 0.15) is 78.4 Å². The Morgan fingerprint density at radius 2 is 1.77 bits per heavy atom. The molecule has 2 heterocycles. The van der Waals surface area contributed by atoms with E-state index in [9.17, 15) is 14.4 Å². The third-order valence-corrected chi connectivity index (χ3v) is 11.2. The zero-order chi connectivity index (χ0) is 26.7. The number of carbonyl (C=O) groups is 3. The van der Waals surface area contributed by atoms with Crippen LogP contribution in [0, 0.1) is 17.8 Å². The second kappa shape index (κ2) is 9.93. The van der Waals surface area contributed by atoms with Gasteiger partial charge in [-0.1, -0.05) is 29.8 Å². The zero-order valence-corrected chi connectivity index (χ0v) is 23.6. The number of fused-ring (bicyclic) bond motifs is 1. The fourth-order valence-corrected chi connectivity index (χ4v) is 9.72. The summed E-state index contributed by atoms with van der Waals surface area (Å²) < 4.78 is 0. The van der Waals surface area contributed by atoms with Gasteiger partial charge in [0.1, 0.15) is 6.04 Å². The van der Waals surface area contributed by atoms with Gasteiger partial charge >= 0.3 is 0 Å². The maximum Gasteiger partial charge on any atom is 0.255 e. The van der Waals surface area contributed by atoms with Gasteiger partial charge in [-0.2, -0.15) is 0 Å². The van der Waals surface area contributed by atoms with E-state index in [1.807, 2.05) is 18.2 Å². The van der Waals surface area contributed by atoms with Gasteiger partial charge in [0.05, 0.1) is 0 Å². The quantitative estimate of drug-likeness (QED) is 0.346. The van der Waals surface area contributed by atoms with Gasteiger partial charge in [-0.3, -0.25) is 19.7 Å². The Morgan fingerprint density at radius 3 is 2.46 bits per heavy atom. The minimum absolute atomic E-state index is 0.143. The lowest BCUT2D eigenvalue weighted by atomic mass is 9.53. The van der Waals surface area contributed by atoms with Gasteiger partial charge < -0.3 is 10.2 Å². The number of halogens is 1. The van der Waals surface area contributed by atoms with Crippen molar-refractivity contribution in [2.45, 2.75) is 86.7 Å². The molecule has 2 aromatic rings. The summed E-state index contributed by atoms with van der Waals surface area (Å²) in [5.41, 5.74) is 4.23. The molecule has 1 atom stereocenters. The molecule has 5 fully saturated rings. The molecule has 2 aliphatic heterocycles. The highest BCUT2D eigenvalue weighted by atomic mass is 35.5. The summed E-state index contributed by atoms with van der Waals surface area (Å²) in [6.07, 6.45) is 8.99. The number of rotatable bonds is 7. The van der Waals surface area contributed by atoms with Crippen molar-refractivity contribution in [2.24, 2.45) is 17.8 Å². The van der Waals surface area contributed by atoms with E-state index in [0.717, 1.165) is 45.3 Å². The molecule has 39 heavy (non-hydrogen) atoms. The van der Waals surface area contributed by atoms with Crippen molar-refractivity contribution in [3.8, 4) is 0 Å². The fourth-order valence-electron chi connectivity index (χ4n) is 8.28. The molecule has 0 spiro atoms.